The molecule has 5 nitrogen and oxygen atoms in total. The topological polar surface area (TPSA) is 78.8 Å². The first kappa shape index (κ1) is 9.42. The summed E-state index contributed by atoms with van der Waals surface area (Å²) in [4.78, 5) is 9.66. The number of anilines is 1. The van der Waals surface area contributed by atoms with Crippen molar-refractivity contribution in [3.8, 4) is 6.07 Å². The lowest BCUT2D eigenvalue weighted by molar-refractivity contribution is 0.863. The van der Waals surface area contributed by atoms with Gasteiger partial charge in [-0.05, 0) is 0 Å². The van der Waals surface area contributed by atoms with E-state index in [-0.39, 0.29) is 0 Å². The molecule has 68 valence electrons. The van der Waals surface area contributed by atoms with Gasteiger partial charge in [-0.15, -0.1) is 0 Å². The summed E-state index contributed by atoms with van der Waals surface area (Å²) >= 11 is 0. The molecule has 5 heteroatoms. The minimum atomic E-state index is 0.369. The van der Waals surface area contributed by atoms with E-state index in [0.29, 0.717) is 18.8 Å². The van der Waals surface area contributed by atoms with Gasteiger partial charge < -0.3 is 10.6 Å². The molecule has 13 heavy (non-hydrogen) atoms. The van der Waals surface area contributed by atoms with Crippen LogP contribution in [0, 0.1) is 11.3 Å². The van der Waals surface area contributed by atoms with Crippen LogP contribution in [0.4, 0.5) is 5.82 Å². The van der Waals surface area contributed by atoms with Gasteiger partial charge in [0, 0.05) is 26.2 Å². The van der Waals surface area contributed by atoms with Crippen LogP contribution < -0.4 is 10.6 Å². The second-order valence-corrected chi connectivity index (χ2v) is 2.58. The van der Waals surface area contributed by atoms with Gasteiger partial charge in [0.05, 0.1) is 0 Å². The number of aromatic nitrogens is 2. The fourth-order valence-electron chi connectivity index (χ4n) is 0.925. The molecular weight excluding hydrogens is 166 g/mol. The molecule has 1 aromatic heterocycles. The van der Waals surface area contributed by atoms with Gasteiger partial charge in [-0.2, -0.15) is 5.26 Å². The molecule has 0 unspecified atom stereocenters. The lowest BCUT2D eigenvalue weighted by atomic mass is 10.4. The van der Waals surface area contributed by atoms with Crippen molar-refractivity contribution in [1.82, 2.24) is 9.97 Å². The maximum Gasteiger partial charge on any atom is 0.145 e. The van der Waals surface area contributed by atoms with Gasteiger partial charge in [-0.25, -0.2) is 9.97 Å². The average molecular weight is 177 g/mol. The van der Waals surface area contributed by atoms with Crippen LogP contribution in [-0.2, 0) is 0 Å². The van der Waals surface area contributed by atoms with Gasteiger partial charge in [0.25, 0.3) is 0 Å². The highest BCUT2D eigenvalue weighted by Gasteiger charge is 2.02. The molecule has 1 heterocycles. The molecule has 0 saturated heterocycles. The molecule has 2 N–H and O–H groups in total. The Morgan fingerprint density at radius 2 is 2.38 bits per heavy atom. The fraction of sp³-hybridized carbons (Fsp3) is 0.375. The molecule has 0 saturated carbocycles. The lowest BCUT2D eigenvalue weighted by Crippen LogP contribution is -2.25. The SMILES string of the molecule is CN(CCN)c1cc(C#N)ncn1. The van der Waals surface area contributed by atoms with E-state index < -0.39 is 0 Å². The molecule has 0 atom stereocenters. The summed E-state index contributed by atoms with van der Waals surface area (Å²) in [6.45, 7) is 1.27. The first-order chi connectivity index (χ1) is 6.27. The standard InChI is InChI=1S/C8H11N5/c1-13(3-2-9)8-4-7(5-10)11-6-12-8/h4,6H,2-3,9H2,1H3. The molecule has 0 aliphatic heterocycles. The van der Waals surface area contributed by atoms with Crippen molar-refractivity contribution in [3.63, 3.8) is 0 Å². The highest BCUT2D eigenvalue weighted by Crippen LogP contribution is 2.07. The average Bonchev–Trinajstić information content (AvgIpc) is 2.18. The van der Waals surface area contributed by atoms with E-state index in [4.69, 9.17) is 11.0 Å². The van der Waals surface area contributed by atoms with E-state index in [2.05, 4.69) is 9.97 Å². The summed E-state index contributed by atoms with van der Waals surface area (Å²) in [6.07, 6.45) is 1.38. The quantitative estimate of drug-likeness (QED) is 0.688. The van der Waals surface area contributed by atoms with Gasteiger partial charge in [0.2, 0.25) is 0 Å². The van der Waals surface area contributed by atoms with Crippen LogP contribution in [0.5, 0.6) is 0 Å². The molecule has 0 aliphatic carbocycles. The Hall–Kier alpha value is -1.67. The van der Waals surface area contributed by atoms with E-state index in [9.17, 15) is 0 Å². The minimum Gasteiger partial charge on any atom is -0.358 e. The Labute approximate surface area is 76.8 Å². The summed E-state index contributed by atoms with van der Waals surface area (Å²) in [6, 6.07) is 3.59. The molecule has 0 radical (unpaired) electrons. The minimum absolute atomic E-state index is 0.369. The van der Waals surface area contributed by atoms with Crippen molar-refractivity contribution in [3.05, 3.63) is 18.1 Å². The number of nitrogens with two attached hydrogens (primary N) is 1. The Bertz CT molecular complexity index is 317. The highest BCUT2D eigenvalue weighted by atomic mass is 15.2. The van der Waals surface area contributed by atoms with Crippen LogP contribution in [0.25, 0.3) is 0 Å². The maximum atomic E-state index is 8.59. The molecule has 0 amide bonds. The summed E-state index contributed by atoms with van der Waals surface area (Å²) in [5, 5.41) is 8.59. The van der Waals surface area contributed by atoms with Crippen molar-refractivity contribution >= 4 is 5.82 Å². The van der Waals surface area contributed by atoms with E-state index in [1.165, 1.54) is 6.33 Å². The van der Waals surface area contributed by atoms with Crippen molar-refractivity contribution in [2.75, 3.05) is 25.0 Å². The van der Waals surface area contributed by atoms with E-state index in [1.807, 2.05) is 18.0 Å². The predicted octanol–water partition coefficient (Wildman–Crippen LogP) is -0.257. The summed E-state index contributed by atoms with van der Waals surface area (Å²) in [7, 11) is 1.87. The van der Waals surface area contributed by atoms with Crippen LogP contribution in [-0.4, -0.2) is 30.1 Å². The molecule has 0 bridgehead atoms. The molecule has 0 fully saturated rings. The normalized spacial score (nSPS) is 9.31. The number of rotatable bonds is 3. The largest absolute Gasteiger partial charge is 0.358 e. The third-order valence-corrected chi connectivity index (χ3v) is 1.62. The van der Waals surface area contributed by atoms with Gasteiger partial charge in [-0.3, -0.25) is 0 Å². The maximum absolute atomic E-state index is 8.59. The van der Waals surface area contributed by atoms with E-state index in [0.717, 1.165) is 5.82 Å². The number of nitrogens with zero attached hydrogens (tertiary/aromatic N) is 4. The third kappa shape index (κ3) is 2.39. The fourth-order valence-corrected chi connectivity index (χ4v) is 0.925. The Morgan fingerprint density at radius 3 is 3.00 bits per heavy atom. The smallest absolute Gasteiger partial charge is 0.145 e. The second kappa shape index (κ2) is 4.38. The molecule has 1 aromatic rings. The summed E-state index contributed by atoms with van der Waals surface area (Å²) in [5.41, 5.74) is 5.76. The number of likely N-dealkylation sites (N-methyl/N-ethyl adjacent to an activating group) is 1. The third-order valence-electron chi connectivity index (χ3n) is 1.62. The van der Waals surface area contributed by atoms with Crippen LogP contribution in [0.1, 0.15) is 5.69 Å². The second-order valence-electron chi connectivity index (χ2n) is 2.58. The molecule has 0 aliphatic rings. The molecule has 0 spiro atoms. The highest BCUT2D eigenvalue weighted by molar-refractivity contribution is 5.40. The van der Waals surface area contributed by atoms with Crippen LogP contribution in [0.3, 0.4) is 0 Å². The Morgan fingerprint density at radius 1 is 1.62 bits per heavy atom. The van der Waals surface area contributed by atoms with Crippen molar-refractivity contribution in [2.24, 2.45) is 5.73 Å². The van der Waals surface area contributed by atoms with Crippen molar-refractivity contribution in [1.29, 1.82) is 5.26 Å². The Balaban J connectivity index is 2.83. The summed E-state index contributed by atoms with van der Waals surface area (Å²) in [5.74, 6) is 0.719. The first-order valence-corrected chi connectivity index (χ1v) is 3.91. The number of nitriles is 1. The first-order valence-electron chi connectivity index (χ1n) is 3.91. The zero-order valence-corrected chi connectivity index (χ0v) is 7.44. The molecule has 0 aromatic carbocycles. The Kier molecular flexibility index (Phi) is 3.17. The van der Waals surface area contributed by atoms with Crippen LogP contribution in [0.2, 0.25) is 0 Å². The number of hydrogen-bond acceptors (Lipinski definition) is 5. The zero-order chi connectivity index (χ0) is 9.68. The van der Waals surface area contributed by atoms with E-state index in [1.54, 1.807) is 6.07 Å². The lowest BCUT2D eigenvalue weighted by Gasteiger charge is -2.16. The van der Waals surface area contributed by atoms with Crippen molar-refractivity contribution < 1.29 is 0 Å². The molecular formula is C8H11N5. The van der Waals surface area contributed by atoms with E-state index >= 15 is 0 Å². The zero-order valence-electron chi connectivity index (χ0n) is 7.44. The number of hydrogen-bond donors (Lipinski definition) is 1. The summed E-state index contributed by atoms with van der Waals surface area (Å²) < 4.78 is 0. The van der Waals surface area contributed by atoms with Gasteiger partial charge in [0.15, 0.2) is 0 Å². The molecule has 1 rings (SSSR count). The van der Waals surface area contributed by atoms with Crippen LogP contribution in [0.15, 0.2) is 12.4 Å². The van der Waals surface area contributed by atoms with Gasteiger partial charge in [-0.1, -0.05) is 0 Å². The van der Waals surface area contributed by atoms with Crippen LogP contribution >= 0.6 is 0 Å². The van der Waals surface area contributed by atoms with Gasteiger partial charge in [0.1, 0.15) is 23.9 Å². The van der Waals surface area contributed by atoms with Gasteiger partial charge >= 0.3 is 0 Å². The monoisotopic (exact) mass is 177 g/mol. The van der Waals surface area contributed by atoms with Crippen molar-refractivity contribution in [2.45, 2.75) is 0 Å². The predicted molar refractivity (Wildman–Crippen MR) is 49.1 cm³/mol.